The Morgan fingerprint density at radius 2 is 1.66 bits per heavy atom. The smallest absolute Gasteiger partial charge is 0.332 e. The van der Waals surface area contributed by atoms with E-state index in [9.17, 15) is 18.5 Å². The van der Waals surface area contributed by atoms with Crippen LogP contribution in [0.3, 0.4) is 0 Å². The van der Waals surface area contributed by atoms with Crippen molar-refractivity contribution in [2.45, 2.75) is 11.8 Å². The third-order valence-electron chi connectivity index (χ3n) is 4.53. The standard InChI is InChI=1S/C20H17N7O4S/c1-13-7-9-15(10-8-13)32(30,31)26-25-20-18(27(28)29)19(22-12-23-20)24-16-6-2-4-14-5-3-11-21-17(14)16/h2-12,26H,1H3,(H2,22,23,24,25). The van der Waals surface area contributed by atoms with Crippen molar-refractivity contribution >= 4 is 43.9 Å². The number of nitrogens with zero attached hydrogens (tertiary/aromatic N) is 4. The van der Waals surface area contributed by atoms with Crippen LogP contribution in [0.1, 0.15) is 5.56 Å². The number of fused-ring (bicyclic) bond motifs is 1. The first-order valence-corrected chi connectivity index (χ1v) is 10.8. The number of nitrogens with one attached hydrogen (secondary N) is 3. The van der Waals surface area contributed by atoms with Crippen LogP contribution in [0.15, 0.2) is 72.0 Å². The van der Waals surface area contributed by atoms with Gasteiger partial charge < -0.3 is 5.32 Å². The molecule has 0 fully saturated rings. The molecule has 0 atom stereocenters. The number of nitro groups is 1. The quantitative estimate of drug-likeness (QED) is 0.284. The van der Waals surface area contributed by atoms with Crippen molar-refractivity contribution in [3.63, 3.8) is 0 Å². The molecular formula is C20H17N7O4S. The number of hydrazine groups is 1. The van der Waals surface area contributed by atoms with Crippen LogP contribution >= 0.6 is 0 Å². The number of para-hydroxylation sites is 1. The van der Waals surface area contributed by atoms with Crippen molar-refractivity contribution in [2.75, 3.05) is 10.7 Å². The highest BCUT2D eigenvalue weighted by Gasteiger charge is 2.25. The molecule has 0 radical (unpaired) electrons. The van der Waals surface area contributed by atoms with Gasteiger partial charge in [-0.3, -0.25) is 20.5 Å². The van der Waals surface area contributed by atoms with E-state index in [2.05, 4.69) is 30.5 Å². The fraction of sp³-hybridized carbons (Fsp3) is 0.0500. The summed E-state index contributed by atoms with van der Waals surface area (Å²) < 4.78 is 25.0. The summed E-state index contributed by atoms with van der Waals surface area (Å²) in [5, 5.41) is 15.5. The normalized spacial score (nSPS) is 11.3. The van der Waals surface area contributed by atoms with E-state index in [4.69, 9.17) is 0 Å². The van der Waals surface area contributed by atoms with Gasteiger partial charge in [-0.05, 0) is 31.2 Å². The molecule has 0 aliphatic heterocycles. The molecule has 0 spiro atoms. The molecule has 0 aliphatic rings. The van der Waals surface area contributed by atoms with Gasteiger partial charge in [-0.15, -0.1) is 4.83 Å². The number of hydrogen-bond acceptors (Lipinski definition) is 9. The molecule has 4 aromatic rings. The lowest BCUT2D eigenvalue weighted by Gasteiger charge is -2.12. The summed E-state index contributed by atoms with van der Waals surface area (Å²) in [6, 6.07) is 15.1. The molecule has 0 unspecified atom stereocenters. The van der Waals surface area contributed by atoms with Gasteiger partial charge >= 0.3 is 5.69 Å². The third-order valence-corrected chi connectivity index (χ3v) is 5.79. The van der Waals surface area contributed by atoms with Crippen LogP contribution in [0.25, 0.3) is 10.9 Å². The summed E-state index contributed by atoms with van der Waals surface area (Å²) in [5.74, 6) is -0.448. The Labute approximate surface area is 182 Å². The summed E-state index contributed by atoms with van der Waals surface area (Å²) in [5.41, 5.74) is 3.77. The Morgan fingerprint density at radius 1 is 0.938 bits per heavy atom. The van der Waals surface area contributed by atoms with Crippen molar-refractivity contribution < 1.29 is 13.3 Å². The number of pyridine rings is 1. The molecule has 3 N–H and O–H groups in total. The highest BCUT2D eigenvalue weighted by molar-refractivity contribution is 7.89. The van der Waals surface area contributed by atoms with E-state index in [1.165, 1.54) is 12.1 Å². The fourth-order valence-electron chi connectivity index (χ4n) is 2.96. The molecular weight excluding hydrogens is 434 g/mol. The second-order valence-corrected chi connectivity index (χ2v) is 8.41. The molecule has 2 aromatic heterocycles. The van der Waals surface area contributed by atoms with Crippen LogP contribution in [0.4, 0.5) is 23.0 Å². The van der Waals surface area contributed by atoms with Crippen molar-refractivity contribution in [3.8, 4) is 0 Å². The van der Waals surface area contributed by atoms with E-state index in [-0.39, 0.29) is 16.5 Å². The van der Waals surface area contributed by atoms with Gasteiger partial charge in [-0.1, -0.05) is 35.9 Å². The molecule has 0 aliphatic carbocycles. The van der Waals surface area contributed by atoms with Crippen LogP contribution in [0.5, 0.6) is 0 Å². The molecule has 0 saturated carbocycles. The van der Waals surface area contributed by atoms with E-state index in [1.807, 2.05) is 19.1 Å². The molecule has 32 heavy (non-hydrogen) atoms. The predicted octanol–water partition coefficient (Wildman–Crippen LogP) is 3.29. The minimum Gasteiger partial charge on any atom is -0.332 e. The molecule has 162 valence electrons. The average Bonchev–Trinajstić information content (AvgIpc) is 2.78. The largest absolute Gasteiger partial charge is 0.354 e. The Kier molecular flexibility index (Phi) is 5.62. The highest BCUT2D eigenvalue weighted by atomic mass is 32.2. The van der Waals surface area contributed by atoms with Crippen molar-refractivity contribution in [1.82, 2.24) is 19.8 Å². The number of aromatic nitrogens is 3. The average molecular weight is 451 g/mol. The van der Waals surface area contributed by atoms with Gasteiger partial charge in [0.25, 0.3) is 10.0 Å². The van der Waals surface area contributed by atoms with Crippen molar-refractivity contribution in [2.24, 2.45) is 0 Å². The van der Waals surface area contributed by atoms with Gasteiger partial charge in [0.1, 0.15) is 6.33 Å². The first kappa shape index (κ1) is 21.1. The maximum atomic E-state index is 12.5. The van der Waals surface area contributed by atoms with Gasteiger partial charge in [0.05, 0.1) is 21.0 Å². The minimum atomic E-state index is -3.99. The number of aryl methyl sites for hydroxylation is 1. The second kappa shape index (κ2) is 8.53. The second-order valence-electron chi connectivity index (χ2n) is 6.73. The lowest BCUT2D eigenvalue weighted by molar-refractivity contribution is -0.383. The summed E-state index contributed by atoms with van der Waals surface area (Å²) >= 11 is 0. The lowest BCUT2D eigenvalue weighted by Crippen LogP contribution is -2.30. The van der Waals surface area contributed by atoms with Crippen LogP contribution in [0, 0.1) is 17.0 Å². The van der Waals surface area contributed by atoms with E-state index in [0.717, 1.165) is 17.3 Å². The molecule has 2 heterocycles. The van der Waals surface area contributed by atoms with Gasteiger partial charge in [0.2, 0.25) is 11.6 Å². The predicted molar refractivity (Wildman–Crippen MR) is 119 cm³/mol. The van der Waals surface area contributed by atoms with E-state index in [0.29, 0.717) is 11.2 Å². The van der Waals surface area contributed by atoms with Crippen LogP contribution in [0.2, 0.25) is 0 Å². The van der Waals surface area contributed by atoms with Crippen LogP contribution in [-0.2, 0) is 10.0 Å². The van der Waals surface area contributed by atoms with Gasteiger partial charge in [0.15, 0.2) is 0 Å². The zero-order chi connectivity index (χ0) is 22.7. The number of sulfonamides is 1. The monoisotopic (exact) mass is 451 g/mol. The molecule has 2 aromatic carbocycles. The Hall–Kier alpha value is -4.16. The molecule has 0 bridgehead atoms. The topological polar surface area (TPSA) is 152 Å². The maximum absolute atomic E-state index is 12.5. The number of hydrogen-bond donors (Lipinski definition) is 3. The summed E-state index contributed by atoms with van der Waals surface area (Å²) in [4.78, 5) is 25.3. The fourth-order valence-corrected chi connectivity index (χ4v) is 3.80. The van der Waals surface area contributed by atoms with Crippen molar-refractivity contribution in [1.29, 1.82) is 0 Å². The Morgan fingerprint density at radius 3 is 2.41 bits per heavy atom. The van der Waals surface area contributed by atoms with Crippen LogP contribution < -0.4 is 15.6 Å². The Bertz CT molecular complexity index is 1400. The summed E-state index contributed by atoms with van der Waals surface area (Å²) in [6.45, 7) is 1.83. The molecule has 0 amide bonds. The zero-order valence-electron chi connectivity index (χ0n) is 16.7. The molecule has 11 nitrogen and oxygen atoms in total. The van der Waals surface area contributed by atoms with E-state index in [1.54, 1.807) is 36.5 Å². The van der Waals surface area contributed by atoms with E-state index < -0.39 is 20.6 Å². The number of rotatable bonds is 7. The van der Waals surface area contributed by atoms with Gasteiger partial charge in [0, 0.05) is 11.6 Å². The first-order valence-electron chi connectivity index (χ1n) is 9.30. The van der Waals surface area contributed by atoms with Gasteiger partial charge in [-0.25, -0.2) is 18.4 Å². The van der Waals surface area contributed by atoms with Crippen LogP contribution in [-0.4, -0.2) is 28.3 Å². The minimum absolute atomic E-state index is 0.00696. The summed E-state index contributed by atoms with van der Waals surface area (Å²) in [6.07, 6.45) is 2.69. The molecule has 4 rings (SSSR count). The van der Waals surface area contributed by atoms with E-state index >= 15 is 0 Å². The third kappa shape index (κ3) is 4.31. The number of benzene rings is 2. The molecule has 0 saturated heterocycles. The zero-order valence-corrected chi connectivity index (χ0v) is 17.5. The lowest BCUT2D eigenvalue weighted by atomic mass is 10.2. The van der Waals surface area contributed by atoms with Crippen molar-refractivity contribution in [3.05, 3.63) is 82.8 Å². The van der Waals surface area contributed by atoms with Gasteiger partial charge in [-0.2, -0.15) is 0 Å². The SMILES string of the molecule is Cc1ccc(S(=O)(=O)NNc2ncnc(Nc3cccc4cccnc34)c2[N+](=O)[O-])cc1. The summed E-state index contributed by atoms with van der Waals surface area (Å²) in [7, 11) is -3.99. The highest BCUT2D eigenvalue weighted by Crippen LogP contribution is 2.32. The first-order chi connectivity index (χ1) is 15.3. The Balaban J connectivity index is 1.65. The number of anilines is 3. The maximum Gasteiger partial charge on any atom is 0.354 e. The molecule has 12 heteroatoms.